The molecule has 0 aromatic heterocycles. The van der Waals surface area contributed by atoms with Crippen LogP contribution in [0.5, 0.6) is 0 Å². The topological polar surface area (TPSA) is 171 Å². The SMILES string of the molecule is CN(CC(NC(=O)NC(C(=O)N1CCCC1C(=O)NC(CC1CCC1)C(=O)C(N)=O)C(C)(C)C)C(C)(C)C)S(C)=O. The second-order valence-electron chi connectivity index (χ2n) is 13.6. The third-order valence-electron chi connectivity index (χ3n) is 8.13. The number of nitrogens with zero attached hydrogens (tertiary/aromatic N) is 2. The van der Waals surface area contributed by atoms with Crippen molar-refractivity contribution in [2.24, 2.45) is 22.5 Å². The summed E-state index contributed by atoms with van der Waals surface area (Å²) in [5.41, 5.74) is 4.20. The summed E-state index contributed by atoms with van der Waals surface area (Å²) in [5.74, 6) is -2.59. The van der Waals surface area contributed by atoms with E-state index in [-0.39, 0.29) is 17.4 Å². The molecule has 2 rings (SSSR count). The van der Waals surface area contributed by atoms with Crippen LogP contribution in [0.1, 0.15) is 80.1 Å². The van der Waals surface area contributed by atoms with Gasteiger partial charge >= 0.3 is 6.03 Å². The van der Waals surface area contributed by atoms with E-state index in [4.69, 9.17) is 5.73 Å². The third-order valence-corrected chi connectivity index (χ3v) is 9.15. The predicted molar refractivity (Wildman–Crippen MR) is 158 cm³/mol. The highest BCUT2D eigenvalue weighted by molar-refractivity contribution is 7.81. The molecule has 1 saturated carbocycles. The summed E-state index contributed by atoms with van der Waals surface area (Å²) >= 11 is 0. The van der Waals surface area contributed by atoms with Gasteiger partial charge in [-0.2, -0.15) is 0 Å². The molecule has 0 bridgehead atoms. The molecule has 1 aliphatic heterocycles. The Kier molecular flexibility index (Phi) is 11.9. The molecule has 0 aromatic carbocycles. The van der Waals surface area contributed by atoms with Crippen LogP contribution in [0.3, 0.4) is 0 Å². The zero-order chi connectivity index (χ0) is 31.3. The van der Waals surface area contributed by atoms with Crippen LogP contribution in [0, 0.1) is 16.7 Å². The van der Waals surface area contributed by atoms with Crippen molar-refractivity contribution in [2.75, 3.05) is 26.4 Å². The normalized spacial score (nSPS) is 20.9. The van der Waals surface area contributed by atoms with E-state index in [0.717, 1.165) is 19.3 Å². The van der Waals surface area contributed by atoms with Crippen LogP contribution >= 0.6 is 0 Å². The number of hydrogen-bond donors (Lipinski definition) is 4. The summed E-state index contributed by atoms with van der Waals surface area (Å²) in [6.07, 6.45) is 5.78. The number of ketones is 1. The Hall–Kier alpha value is -2.54. The lowest BCUT2D eigenvalue weighted by atomic mass is 9.80. The van der Waals surface area contributed by atoms with Crippen LogP contribution in [-0.4, -0.2) is 93.5 Å². The molecule has 5 unspecified atom stereocenters. The first-order chi connectivity index (χ1) is 18.8. The molecule has 234 valence electrons. The minimum Gasteiger partial charge on any atom is -0.363 e. The maximum atomic E-state index is 13.9. The third kappa shape index (κ3) is 9.76. The minimum atomic E-state index is -1.22. The number of hydrogen-bond acceptors (Lipinski definition) is 6. The fourth-order valence-corrected chi connectivity index (χ4v) is 5.44. The lowest BCUT2D eigenvalue weighted by molar-refractivity contribution is -0.143. The number of nitrogens with two attached hydrogens (primary N) is 1. The fraction of sp³-hybridized carbons (Fsp3) is 0.821. The van der Waals surface area contributed by atoms with Gasteiger partial charge in [0.25, 0.3) is 5.91 Å². The maximum Gasteiger partial charge on any atom is 0.315 e. The lowest BCUT2D eigenvalue weighted by Gasteiger charge is -2.37. The van der Waals surface area contributed by atoms with Crippen LogP contribution in [0.2, 0.25) is 0 Å². The Balaban J connectivity index is 2.18. The van der Waals surface area contributed by atoms with Crippen molar-refractivity contribution < 1.29 is 28.2 Å². The minimum absolute atomic E-state index is 0.243. The molecule has 5 amide bonds. The highest BCUT2D eigenvalue weighted by Crippen LogP contribution is 2.31. The molecule has 13 heteroatoms. The van der Waals surface area contributed by atoms with Crippen molar-refractivity contribution >= 4 is 40.5 Å². The van der Waals surface area contributed by atoms with E-state index in [1.807, 2.05) is 41.5 Å². The second kappa shape index (κ2) is 14.1. The number of nitrogens with one attached hydrogen (secondary N) is 3. The number of primary amides is 1. The van der Waals surface area contributed by atoms with E-state index < -0.39 is 64.1 Å². The Morgan fingerprint density at radius 2 is 1.56 bits per heavy atom. The first-order valence-electron chi connectivity index (χ1n) is 14.4. The molecule has 1 saturated heterocycles. The smallest absolute Gasteiger partial charge is 0.315 e. The van der Waals surface area contributed by atoms with Crippen molar-refractivity contribution in [2.45, 2.75) is 104 Å². The van der Waals surface area contributed by atoms with Gasteiger partial charge in [0.2, 0.25) is 17.6 Å². The lowest BCUT2D eigenvalue weighted by Crippen LogP contribution is -2.61. The molecule has 41 heavy (non-hydrogen) atoms. The van der Waals surface area contributed by atoms with Crippen LogP contribution in [0.25, 0.3) is 0 Å². The molecule has 0 spiro atoms. The zero-order valence-corrected chi connectivity index (χ0v) is 26.7. The number of urea groups is 1. The Morgan fingerprint density at radius 3 is 2.02 bits per heavy atom. The number of likely N-dealkylation sites (tertiary alicyclic amines) is 1. The molecule has 1 heterocycles. The fourth-order valence-electron chi connectivity index (χ4n) is 5.08. The number of carbonyl (C=O) groups is 5. The van der Waals surface area contributed by atoms with Gasteiger partial charge in [-0.1, -0.05) is 60.8 Å². The summed E-state index contributed by atoms with van der Waals surface area (Å²) in [4.78, 5) is 66.0. The highest BCUT2D eigenvalue weighted by atomic mass is 32.2. The van der Waals surface area contributed by atoms with E-state index in [0.29, 0.717) is 32.4 Å². The first-order valence-corrected chi connectivity index (χ1v) is 15.9. The van der Waals surface area contributed by atoms with E-state index in [2.05, 4.69) is 16.0 Å². The van der Waals surface area contributed by atoms with Gasteiger partial charge in [-0.05, 0) is 43.1 Å². The molecular formula is C28H50N6O6S. The maximum absolute atomic E-state index is 13.9. The van der Waals surface area contributed by atoms with Gasteiger partial charge in [-0.3, -0.25) is 19.2 Å². The molecule has 1 aliphatic carbocycles. The van der Waals surface area contributed by atoms with Gasteiger partial charge in [0.15, 0.2) is 0 Å². The molecule has 12 nitrogen and oxygen atoms in total. The highest BCUT2D eigenvalue weighted by Gasteiger charge is 2.43. The zero-order valence-electron chi connectivity index (χ0n) is 25.9. The Morgan fingerprint density at radius 1 is 0.951 bits per heavy atom. The molecule has 5 atom stereocenters. The van der Waals surface area contributed by atoms with Gasteiger partial charge < -0.3 is 26.6 Å². The van der Waals surface area contributed by atoms with Gasteiger partial charge in [0, 0.05) is 25.4 Å². The average Bonchev–Trinajstić information content (AvgIpc) is 3.31. The molecule has 2 aliphatic rings. The largest absolute Gasteiger partial charge is 0.363 e. The standard InChI is InChI=1S/C28H50N6O6S/c1-27(2,3)20(16-33(7)41(8)40)31-26(39)32-22(28(4,5)6)25(38)34-14-10-13-19(34)24(37)30-18(21(35)23(29)36)15-17-11-9-12-17/h17-20,22H,9-16H2,1-8H3,(H2,29,36)(H,30,37)(H2,31,32,39). The van der Waals surface area contributed by atoms with E-state index >= 15 is 0 Å². The number of Topliss-reactive ketones (excluding diaryl/α,β-unsaturated/α-hetero) is 1. The van der Waals surface area contributed by atoms with E-state index in [1.54, 1.807) is 17.6 Å². The molecule has 0 aromatic rings. The molecule has 0 radical (unpaired) electrons. The molecular weight excluding hydrogens is 548 g/mol. The average molecular weight is 599 g/mol. The second-order valence-corrected chi connectivity index (χ2v) is 15.1. The van der Waals surface area contributed by atoms with Crippen molar-refractivity contribution in [3.05, 3.63) is 0 Å². The van der Waals surface area contributed by atoms with Crippen molar-refractivity contribution in [1.29, 1.82) is 0 Å². The van der Waals surface area contributed by atoms with E-state index in [1.165, 1.54) is 4.90 Å². The number of carbonyl (C=O) groups excluding carboxylic acids is 5. The summed E-state index contributed by atoms with van der Waals surface area (Å²) in [6, 6.07) is -3.71. The van der Waals surface area contributed by atoms with Gasteiger partial charge in [0.05, 0.1) is 17.0 Å². The van der Waals surface area contributed by atoms with E-state index in [9.17, 15) is 28.2 Å². The molecule has 5 N–H and O–H groups in total. The van der Waals surface area contributed by atoms with Crippen LogP contribution < -0.4 is 21.7 Å². The van der Waals surface area contributed by atoms with Gasteiger partial charge in [-0.15, -0.1) is 0 Å². The number of amides is 5. The summed E-state index contributed by atoms with van der Waals surface area (Å²) in [5, 5.41) is 8.48. The summed E-state index contributed by atoms with van der Waals surface area (Å²) in [6.45, 7) is 12.0. The number of likely N-dealkylation sites (N-methyl/N-ethyl adjacent to an activating group) is 1. The van der Waals surface area contributed by atoms with Crippen molar-refractivity contribution in [1.82, 2.24) is 25.2 Å². The quantitative estimate of drug-likeness (QED) is 0.245. The summed E-state index contributed by atoms with van der Waals surface area (Å²) < 4.78 is 13.6. The monoisotopic (exact) mass is 598 g/mol. The molecule has 2 fully saturated rings. The summed E-state index contributed by atoms with van der Waals surface area (Å²) in [7, 11) is 0.493. The Labute approximate surface area is 246 Å². The van der Waals surface area contributed by atoms with Crippen molar-refractivity contribution in [3.63, 3.8) is 0 Å². The van der Waals surface area contributed by atoms with Crippen LogP contribution in [0.15, 0.2) is 0 Å². The van der Waals surface area contributed by atoms with Crippen molar-refractivity contribution in [3.8, 4) is 0 Å². The van der Waals surface area contributed by atoms with Crippen LogP contribution in [-0.2, 0) is 30.2 Å². The number of rotatable bonds is 12. The van der Waals surface area contributed by atoms with Crippen LogP contribution in [0.4, 0.5) is 4.79 Å². The van der Waals surface area contributed by atoms with Gasteiger partial charge in [0.1, 0.15) is 12.1 Å². The van der Waals surface area contributed by atoms with Gasteiger partial charge in [-0.25, -0.2) is 13.3 Å². The predicted octanol–water partition coefficient (Wildman–Crippen LogP) is 1.06. The Bertz CT molecular complexity index is 1020. The first kappa shape index (κ1) is 34.7.